The number of hydrogen-bond acceptors (Lipinski definition) is 3. The Morgan fingerprint density at radius 3 is 2.56 bits per heavy atom. The van der Waals surface area contributed by atoms with E-state index in [-0.39, 0.29) is 0 Å². The second kappa shape index (κ2) is 8.48. The van der Waals surface area contributed by atoms with Crippen molar-refractivity contribution in [1.82, 2.24) is 9.80 Å². The lowest BCUT2D eigenvalue weighted by Gasteiger charge is -2.31. The topological polar surface area (TPSA) is 43.8 Å². The van der Waals surface area contributed by atoms with E-state index in [1.165, 1.54) is 32.5 Å². The number of rotatable bonds is 8. The second-order valence-corrected chi connectivity index (χ2v) is 5.71. The van der Waals surface area contributed by atoms with Gasteiger partial charge in [-0.2, -0.15) is 0 Å². The summed E-state index contributed by atoms with van der Waals surface area (Å²) in [5.74, 6) is 0.180. The van der Waals surface area contributed by atoms with Gasteiger partial charge in [-0.05, 0) is 65.3 Å². The van der Waals surface area contributed by atoms with E-state index in [1.807, 2.05) is 0 Å². The maximum absolute atomic E-state index is 10.4. The van der Waals surface area contributed by atoms with E-state index in [9.17, 15) is 4.79 Å². The van der Waals surface area contributed by atoms with Gasteiger partial charge >= 0.3 is 5.97 Å². The molecule has 0 aliphatic carbocycles. The van der Waals surface area contributed by atoms with Gasteiger partial charge in [0.2, 0.25) is 0 Å². The second-order valence-electron chi connectivity index (χ2n) is 5.71. The van der Waals surface area contributed by atoms with Crippen molar-refractivity contribution in [1.29, 1.82) is 0 Å². The number of carbonyl (C=O) groups is 1. The van der Waals surface area contributed by atoms with Crippen LogP contribution in [0.25, 0.3) is 0 Å². The van der Waals surface area contributed by atoms with Gasteiger partial charge in [-0.15, -0.1) is 0 Å². The Balaban J connectivity index is 1.99. The third kappa shape index (κ3) is 6.97. The van der Waals surface area contributed by atoms with Gasteiger partial charge in [-0.1, -0.05) is 6.42 Å². The summed E-state index contributed by atoms with van der Waals surface area (Å²) in [6.45, 7) is 4.77. The molecule has 0 saturated carbocycles. The Labute approximate surface area is 111 Å². The fourth-order valence-corrected chi connectivity index (χ4v) is 2.61. The highest BCUT2D eigenvalue weighted by Gasteiger charge is 2.17. The summed E-state index contributed by atoms with van der Waals surface area (Å²) in [5, 5.41) is 8.55. The molecule has 0 bridgehead atoms. The highest BCUT2D eigenvalue weighted by Crippen LogP contribution is 2.17. The van der Waals surface area contributed by atoms with Crippen LogP contribution in [0.2, 0.25) is 0 Å². The third-order valence-corrected chi connectivity index (χ3v) is 3.84. The number of hydrogen-bond donors (Lipinski definition) is 1. The summed E-state index contributed by atoms with van der Waals surface area (Å²) in [4.78, 5) is 15.2. The molecule has 0 atom stereocenters. The maximum Gasteiger partial charge on any atom is 0.303 e. The highest BCUT2D eigenvalue weighted by molar-refractivity contribution is 5.66. The Kier molecular flexibility index (Phi) is 7.28. The van der Waals surface area contributed by atoms with Gasteiger partial charge in [-0.25, -0.2) is 0 Å². The first-order valence-electron chi connectivity index (χ1n) is 7.17. The zero-order valence-electron chi connectivity index (χ0n) is 11.9. The van der Waals surface area contributed by atoms with Crippen molar-refractivity contribution in [3.63, 3.8) is 0 Å². The molecule has 1 heterocycles. The van der Waals surface area contributed by atoms with Crippen LogP contribution in [-0.2, 0) is 4.79 Å². The SMILES string of the molecule is CN1CCC(CN(C)CCCCCC(=O)O)CC1. The molecule has 0 radical (unpaired) electrons. The Bertz CT molecular complexity index is 238. The largest absolute Gasteiger partial charge is 0.481 e. The van der Waals surface area contributed by atoms with E-state index < -0.39 is 5.97 Å². The fourth-order valence-electron chi connectivity index (χ4n) is 2.61. The lowest BCUT2D eigenvalue weighted by Crippen LogP contribution is -2.36. The van der Waals surface area contributed by atoms with Crippen LogP contribution < -0.4 is 0 Å². The minimum Gasteiger partial charge on any atom is -0.481 e. The number of nitrogens with zero attached hydrogens (tertiary/aromatic N) is 2. The first kappa shape index (κ1) is 15.4. The van der Waals surface area contributed by atoms with Gasteiger partial charge in [0, 0.05) is 13.0 Å². The average molecular weight is 256 g/mol. The number of unbranched alkanes of at least 4 members (excludes halogenated alkanes) is 2. The molecule has 0 unspecified atom stereocenters. The molecule has 4 nitrogen and oxygen atoms in total. The van der Waals surface area contributed by atoms with E-state index in [2.05, 4.69) is 23.9 Å². The van der Waals surface area contributed by atoms with Crippen LogP contribution in [0, 0.1) is 5.92 Å². The van der Waals surface area contributed by atoms with Crippen molar-refractivity contribution in [3.8, 4) is 0 Å². The Morgan fingerprint density at radius 2 is 1.94 bits per heavy atom. The van der Waals surface area contributed by atoms with Crippen LogP contribution in [0.4, 0.5) is 0 Å². The minimum absolute atomic E-state index is 0.318. The smallest absolute Gasteiger partial charge is 0.303 e. The van der Waals surface area contributed by atoms with Crippen LogP contribution >= 0.6 is 0 Å². The van der Waals surface area contributed by atoms with Crippen molar-refractivity contribution >= 4 is 5.97 Å². The van der Waals surface area contributed by atoms with Gasteiger partial charge < -0.3 is 14.9 Å². The highest BCUT2D eigenvalue weighted by atomic mass is 16.4. The summed E-state index contributed by atoms with van der Waals surface area (Å²) in [6.07, 6.45) is 5.93. The number of carboxylic acid groups (broad SMARTS) is 1. The normalized spacial score (nSPS) is 18.4. The molecule has 4 heteroatoms. The number of carboxylic acids is 1. The van der Waals surface area contributed by atoms with E-state index in [0.29, 0.717) is 6.42 Å². The van der Waals surface area contributed by atoms with Crippen molar-refractivity contribution in [2.75, 3.05) is 40.3 Å². The molecule has 1 fully saturated rings. The van der Waals surface area contributed by atoms with E-state index >= 15 is 0 Å². The number of aliphatic carboxylic acids is 1. The zero-order valence-corrected chi connectivity index (χ0v) is 11.9. The average Bonchev–Trinajstić information content (AvgIpc) is 2.31. The summed E-state index contributed by atoms with van der Waals surface area (Å²) >= 11 is 0. The van der Waals surface area contributed by atoms with Crippen molar-refractivity contribution in [2.45, 2.75) is 38.5 Å². The number of likely N-dealkylation sites (tertiary alicyclic amines) is 1. The first-order chi connectivity index (χ1) is 8.58. The molecule has 0 spiro atoms. The lowest BCUT2D eigenvalue weighted by atomic mass is 9.96. The van der Waals surface area contributed by atoms with Gasteiger partial charge in [0.1, 0.15) is 0 Å². The number of piperidine rings is 1. The molecular weight excluding hydrogens is 228 g/mol. The molecule has 1 aliphatic rings. The van der Waals surface area contributed by atoms with E-state index in [1.54, 1.807) is 0 Å². The monoisotopic (exact) mass is 256 g/mol. The molecule has 0 aromatic rings. The predicted octanol–water partition coefficient (Wildman–Crippen LogP) is 1.90. The summed E-state index contributed by atoms with van der Waals surface area (Å²) in [7, 11) is 4.39. The van der Waals surface area contributed by atoms with Gasteiger partial charge in [0.05, 0.1) is 0 Å². The molecule has 0 amide bonds. The lowest BCUT2D eigenvalue weighted by molar-refractivity contribution is -0.137. The first-order valence-corrected chi connectivity index (χ1v) is 7.17. The molecule has 1 rings (SSSR count). The molecule has 18 heavy (non-hydrogen) atoms. The van der Waals surface area contributed by atoms with Gasteiger partial charge in [0.25, 0.3) is 0 Å². The van der Waals surface area contributed by atoms with Crippen LogP contribution in [0.15, 0.2) is 0 Å². The molecule has 1 aliphatic heterocycles. The van der Waals surface area contributed by atoms with Crippen molar-refractivity contribution in [2.24, 2.45) is 5.92 Å². The van der Waals surface area contributed by atoms with E-state index in [4.69, 9.17) is 5.11 Å². The Hall–Kier alpha value is -0.610. The molecular formula is C14H28N2O2. The van der Waals surface area contributed by atoms with Gasteiger partial charge in [0.15, 0.2) is 0 Å². The van der Waals surface area contributed by atoms with Crippen LogP contribution in [0.1, 0.15) is 38.5 Å². The maximum atomic E-state index is 10.4. The molecule has 1 N–H and O–H groups in total. The molecule has 1 saturated heterocycles. The standard InChI is InChI=1S/C14H28N2O2/c1-15-10-7-13(8-11-15)12-16(2)9-5-3-4-6-14(17)18/h13H,3-12H2,1-2H3,(H,17,18). The summed E-state index contributed by atoms with van der Waals surface area (Å²) < 4.78 is 0. The fraction of sp³-hybridized carbons (Fsp3) is 0.929. The van der Waals surface area contributed by atoms with Crippen molar-refractivity contribution in [3.05, 3.63) is 0 Å². The minimum atomic E-state index is -0.672. The Morgan fingerprint density at radius 1 is 1.28 bits per heavy atom. The molecule has 0 aromatic heterocycles. The quantitative estimate of drug-likeness (QED) is 0.674. The third-order valence-electron chi connectivity index (χ3n) is 3.84. The summed E-state index contributed by atoms with van der Waals surface area (Å²) in [5.41, 5.74) is 0. The van der Waals surface area contributed by atoms with Crippen LogP contribution in [0.3, 0.4) is 0 Å². The van der Waals surface area contributed by atoms with Crippen molar-refractivity contribution < 1.29 is 9.90 Å². The zero-order chi connectivity index (χ0) is 13.4. The molecule has 106 valence electrons. The van der Waals surface area contributed by atoms with Crippen LogP contribution in [-0.4, -0.2) is 61.2 Å². The predicted molar refractivity (Wildman–Crippen MR) is 73.8 cm³/mol. The van der Waals surface area contributed by atoms with E-state index in [0.717, 1.165) is 31.7 Å². The van der Waals surface area contributed by atoms with Gasteiger partial charge in [-0.3, -0.25) is 4.79 Å². The molecule has 0 aromatic carbocycles. The van der Waals surface area contributed by atoms with Crippen LogP contribution in [0.5, 0.6) is 0 Å². The summed E-state index contributed by atoms with van der Waals surface area (Å²) in [6, 6.07) is 0.